The van der Waals surface area contributed by atoms with Crippen LogP contribution in [-0.4, -0.2) is 53.2 Å². The van der Waals surface area contributed by atoms with Gasteiger partial charge in [0, 0.05) is 37.6 Å². The third kappa shape index (κ3) is 2.56. The van der Waals surface area contributed by atoms with E-state index in [9.17, 15) is 4.79 Å². The van der Waals surface area contributed by atoms with E-state index in [-0.39, 0.29) is 5.69 Å². The van der Waals surface area contributed by atoms with Gasteiger partial charge in [0.05, 0.1) is 0 Å². The average Bonchev–Trinajstić information content (AvgIpc) is 2.76. The van der Waals surface area contributed by atoms with Crippen molar-refractivity contribution in [3.8, 4) is 0 Å². The Labute approximate surface area is 112 Å². The topological polar surface area (TPSA) is 56.7 Å². The van der Waals surface area contributed by atoms with Crippen LogP contribution in [0.15, 0.2) is 18.3 Å². The lowest BCUT2D eigenvalue weighted by molar-refractivity contribution is 0.0690. The zero-order valence-electron chi connectivity index (χ0n) is 11.0. The molecule has 0 amide bonds. The number of aromatic nitrogens is 1. The normalized spacial score (nSPS) is 24.0. The molecule has 0 saturated carbocycles. The van der Waals surface area contributed by atoms with E-state index >= 15 is 0 Å². The van der Waals surface area contributed by atoms with Gasteiger partial charge in [0.1, 0.15) is 5.69 Å². The number of carboxylic acid groups (broad SMARTS) is 1. The third-order valence-electron chi connectivity index (χ3n) is 4.13. The van der Waals surface area contributed by atoms with Crippen LogP contribution in [0.4, 0.5) is 5.69 Å². The minimum absolute atomic E-state index is 0.130. The highest BCUT2D eigenvalue weighted by Gasteiger charge is 2.28. The second-order valence-electron chi connectivity index (χ2n) is 5.34. The molecule has 3 heterocycles. The Kier molecular flexibility index (Phi) is 3.38. The molecule has 19 heavy (non-hydrogen) atoms. The minimum Gasteiger partial charge on any atom is -0.477 e. The maximum Gasteiger partial charge on any atom is 0.354 e. The third-order valence-corrected chi connectivity index (χ3v) is 4.13. The predicted octanol–water partition coefficient (Wildman–Crippen LogP) is 1.45. The number of fused-ring (bicyclic) bond motifs is 1. The highest BCUT2D eigenvalue weighted by Crippen LogP contribution is 2.25. The number of carboxylic acids is 1. The fraction of sp³-hybridized carbons (Fsp3) is 0.571. The van der Waals surface area contributed by atoms with Crippen molar-refractivity contribution in [3.05, 3.63) is 24.0 Å². The Morgan fingerprint density at radius 3 is 3.00 bits per heavy atom. The quantitative estimate of drug-likeness (QED) is 0.873. The summed E-state index contributed by atoms with van der Waals surface area (Å²) in [5.74, 6) is -0.959. The Balaban J connectivity index is 1.80. The fourth-order valence-electron chi connectivity index (χ4n) is 3.17. The second kappa shape index (κ2) is 5.17. The van der Waals surface area contributed by atoms with E-state index in [2.05, 4.69) is 14.8 Å². The number of hydrogen-bond donors (Lipinski definition) is 1. The smallest absolute Gasteiger partial charge is 0.354 e. The lowest BCUT2D eigenvalue weighted by atomic mass is 10.2. The molecule has 0 spiro atoms. The SMILES string of the molecule is O=C(O)c1cc(N2CCCN3CCCC3C2)ccn1. The van der Waals surface area contributed by atoms with Gasteiger partial charge in [0.15, 0.2) is 0 Å². The van der Waals surface area contributed by atoms with Crippen LogP contribution in [0.25, 0.3) is 0 Å². The maximum absolute atomic E-state index is 11.0. The number of anilines is 1. The zero-order valence-corrected chi connectivity index (χ0v) is 11.0. The largest absolute Gasteiger partial charge is 0.477 e. The summed E-state index contributed by atoms with van der Waals surface area (Å²) in [5, 5.41) is 9.02. The van der Waals surface area contributed by atoms with Crippen LogP contribution < -0.4 is 4.90 Å². The number of rotatable bonds is 2. The first-order valence-electron chi connectivity index (χ1n) is 6.92. The Morgan fingerprint density at radius 2 is 2.16 bits per heavy atom. The summed E-state index contributed by atoms with van der Waals surface area (Å²) in [7, 11) is 0. The molecule has 1 atom stereocenters. The van der Waals surface area contributed by atoms with Gasteiger partial charge in [-0.2, -0.15) is 0 Å². The van der Waals surface area contributed by atoms with Gasteiger partial charge in [-0.25, -0.2) is 9.78 Å². The van der Waals surface area contributed by atoms with E-state index in [0.29, 0.717) is 6.04 Å². The number of carbonyl (C=O) groups is 1. The highest BCUT2D eigenvalue weighted by molar-refractivity contribution is 5.86. The first-order chi connectivity index (χ1) is 9.24. The molecule has 0 radical (unpaired) electrons. The Morgan fingerprint density at radius 1 is 1.32 bits per heavy atom. The molecule has 5 heteroatoms. The molecule has 0 aromatic carbocycles. The highest BCUT2D eigenvalue weighted by atomic mass is 16.4. The summed E-state index contributed by atoms with van der Waals surface area (Å²) in [6.07, 6.45) is 5.28. The first-order valence-corrected chi connectivity index (χ1v) is 6.92. The van der Waals surface area contributed by atoms with Gasteiger partial charge < -0.3 is 10.0 Å². The molecule has 0 aliphatic carbocycles. The van der Waals surface area contributed by atoms with Crippen molar-refractivity contribution in [1.82, 2.24) is 9.88 Å². The van der Waals surface area contributed by atoms with Crippen LogP contribution in [0.1, 0.15) is 29.8 Å². The van der Waals surface area contributed by atoms with Crippen molar-refractivity contribution in [1.29, 1.82) is 0 Å². The number of aromatic carboxylic acids is 1. The van der Waals surface area contributed by atoms with Gasteiger partial charge in [-0.1, -0.05) is 0 Å². The number of pyridine rings is 1. The van der Waals surface area contributed by atoms with Crippen molar-refractivity contribution < 1.29 is 9.90 Å². The second-order valence-corrected chi connectivity index (χ2v) is 5.34. The Hall–Kier alpha value is -1.62. The molecule has 1 N–H and O–H groups in total. The van der Waals surface area contributed by atoms with E-state index < -0.39 is 5.97 Å². The predicted molar refractivity (Wildman–Crippen MR) is 72.6 cm³/mol. The summed E-state index contributed by atoms with van der Waals surface area (Å²) in [6.45, 7) is 4.38. The molecule has 0 bridgehead atoms. The van der Waals surface area contributed by atoms with Crippen molar-refractivity contribution in [2.75, 3.05) is 31.1 Å². The summed E-state index contributed by atoms with van der Waals surface area (Å²) >= 11 is 0. The van der Waals surface area contributed by atoms with Gasteiger partial charge in [0.25, 0.3) is 0 Å². The van der Waals surface area contributed by atoms with Crippen LogP contribution >= 0.6 is 0 Å². The molecule has 102 valence electrons. The monoisotopic (exact) mass is 261 g/mol. The molecule has 3 rings (SSSR count). The van der Waals surface area contributed by atoms with Gasteiger partial charge in [-0.3, -0.25) is 4.90 Å². The molecule has 2 aliphatic heterocycles. The summed E-state index contributed by atoms with van der Waals surface area (Å²) < 4.78 is 0. The van der Waals surface area contributed by atoms with Crippen LogP contribution in [0.2, 0.25) is 0 Å². The molecular weight excluding hydrogens is 242 g/mol. The first kappa shape index (κ1) is 12.4. The van der Waals surface area contributed by atoms with Crippen LogP contribution in [-0.2, 0) is 0 Å². The van der Waals surface area contributed by atoms with Gasteiger partial charge in [0.2, 0.25) is 0 Å². The van der Waals surface area contributed by atoms with E-state index in [1.54, 1.807) is 12.3 Å². The van der Waals surface area contributed by atoms with E-state index in [1.165, 1.54) is 19.4 Å². The van der Waals surface area contributed by atoms with Crippen molar-refractivity contribution in [2.24, 2.45) is 0 Å². The zero-order chi connectivity index (χ0) is 13.2. The van der Waals surface area contributed by atoms with Crippen molar-refractivity contribution in [2.45, 2.75) is 25.3 Å². The average molecular weight is 261 g/mol. The maximum atomic E-state index is 11.0. The van der Waals surface area contributed by atoms with E-state index in [4.69, 9.17) is 5.11 Å². The van der Waals surface area contributed by atoms with Crippen LogP contribution in [0, 0.1) is 0 Å². The number of nitrogens with zero attached hydrogens (tertiary/aromatic N) is 3. The van der Waals surface area contributed by atoms with Crippen molar-refractivity contribution >= 4 is 11.7 Å². The molecule has 1 aromatic heterocycles. The van der Waals surface area contributed by atoms with Crippen LogP contribution in [0.3, 0.4) is 0 Å². The van der Waals surface area contributed by atoms with Crippen molar-refractivity contribution in [3.63, 3.8) is 0 Å². The summed E-state index contributed by atoms with van der Waals surface area (Å²) in [5.41, 5.74) is 1.12. The van der Waals surface area contributed by atoms with Gasteiger partial charge >= 0.3 is 5.97 Å². The lowest BCUT2D eigenvalue weighted by Gasteiger charge is -2.27. The molecule has 1 aromatic rings. The molecule has 2 saturated heterocycles. The Bertz CT molecular complexity index is 478. The molecule has 2 fully saturated rings. The standard InChI is InChI=1S/C14H19N3O2/c18-14(19)13-9-11(4-5-15-13)17-8-2-7-16-6-1-3-12(16)10-17/h4-5,9,12H,1-3,6-8,10H2,(H,18,19). The van der Waals surface area contributed by atoms with E-state index in [1.807, 2.05) is 6.07 Å². The molecule has 1 unspecified atom stereocenters. The molecular formula is C14H19N3O2. The summed E-state index contributed by atoms with van der Waals surface area (Å²) in [6, 6.07) is 4.23. The molecule has 5 nitrogen and oxygen atoms in total. The number of hydrogen-bond acceptors (Lipinski definition) is 4. The van der Waals surface area contributed by atoms with Crippen LogP contribution in [0.5, 0.6) is 0 Å². The summed E-state index contributed by atoms with van der Waals surface area (Å²) in [4.78, 5) is 19.8. The minimum atomic E-state index is -0.959. The fourth-order valence-corrected chi connectivity index (χ4v) is 3.17. The van der Waals surface area contributed by atoms with Gasteiger partial charge in [-0.05, 0) is 37.9 Å². The molecule has 2 aliphatic rings. The van der Waals surface area contributed by atoms with E-state index in [0.717, 1.165) is 31.7 Å². The lowest BCUT2D eigenvalue weighted by Crippen LogP contribution is -2.36. The van der Waals surface area contributed by atoms with Gasteiger partial charge in [-0.15, -0.1) is 0 Å².